The van der Waals surface area contributed by atoms with Crippen LogP contribution in [0.4, 0.5) is 0 Å². The summed E-state index contributed by atoms with van der Waals surface area (Å²) in [5.74, 6) is -0.987. The molecule has 34 heavy (non-hydrogen) atoms. The summed E-state index contributed by atoms with van der Waals surface area (Å²) in [7, 11) is 0. The van der Waals surface area contributed by atoms with Gasteiger partial charge >= 0.3 is 5.97 Å². The van der Waals surface area contributed by atoms with E-state index < -0.39 is 11.9 Å². The van der Waals surface area contributed by atoms with Gasteiger partial charge in [-0.05, 0) is 61.4 Å². The van der Waals surface area contributed by atoms with Crippen LogP contribution in [0.25, 0.3) is 0 Å². The van der Waals surface area contributed by atoms with Crippen molar-refractivity contribution in [2.45, 2.75) is 71.8 Å². The molecule has 3 rings (SSSR count). The lowest BCUT2D eigenvalue weighted by atomic mass is 9.79. The fourth-order valence-corrected chi connectivity index (χ4v) is 4.78. The Bertz CT molecular complexity index is 1010. The molecule has 2 unspecified atom stereocenters. The fourth-order valence-electron chi connectivity index (χ4n) is 4.78. The third-order valence-corrected chi connectivity index (χ3v) is 6.50. The van der Waals surface area contributed by atoms with Gasteiger partial charge in [0.15, 0.2) is 5.78 Å². The van der Waals surface area contributed by atoms with Gasteiger partial charge in [-0.15, -0.1) is 0 Å². The number of carbonyl (C=O) groups is 2. The molecule has 0 aromatic heterocycles. The number of carboxylic acids is 1. The Kier molecular flexibility index (Phi) is 9.11. The second-order valence-electron chi connectivity index (χ2n) is 9.01. The SMILES string of the molecule is CCCc1cccc2c1CC(C(=O)O)C(OCCCOc1ccc(C(C)=O)c(O)c1CCC)C2. The zero-order valence-corrected chi connectivity index (χ0v) is 20.4. The van der Waals surface area contributed by atoms with Gasteiger partial charge in [0.25, 0.3) is 0 Å². The first-order valence-electron chi connectivity index (χ1n) is 12.3. The summed E-state index contributed by atoms with van der Waals surface area (Å²) in [5, 5.41) is 20.3. The Hall–Kier alpha value is -2.86. The van der Waals surface area contributed by atoms with Crippen molar-refractivity contribution in [2.24, 2.45) is 5.92 Å². The minimum atomic E-state index is -0.816. The molecule has 6 nitrogen and oxygen atoms in total. The zero-order chi connectivity index (χ0) is 24.7. The van der Waals surface area contributed by atoms with Crippen LogP contribution in [0.5, 0.6) is 11.5 Å². The van der Waals surface area contributed by atoms with E-state index in [0.717, 1.165) is 19.3 Å². The van der Waals surface area contributed by atoms with Crippen molar-refractivity contribution in [1.82, 2.24) is 0 Å². The van der Waals surface area contributed by atoms with E-state index in [0.29, 0.717) is 55.8 Å². The summed E-state index contributed by atoms with van der Waals surface area (Å²) in [6, 6.07) is 9.56. The van der Waals surface area contributed by atoms with Crippen molar-refractivity contribution >= 4 is 11.8 Å². The van der Waals surface area contributed by atoms with Crippen LogP contribution in [-0.2, 0) is 35.2 Å². The van der Waals surface area contributed by atoms with Crippen molar-refractivity contribution in [3.05, 3.63) is 58.1 Å². The standard InChI is InChI=1S/C28H36O6/c1-4-8-19-10-6-11-20-16-26(24(28(31)32)17-23(19)20)34-15-7-14-33-25-13-12-21(18(3)29)27(30)22(25)9-5-2/h6,10-13,24,26,30H,4-5,7-9,14-17H2,1-3H3,(H,31,32). The molecule has 0 saturated carbocycles. The van der Waals surface area contributed by atoms with Gasteiger partial charge < -0.3 is 19.7 Å². The normalized spacial score (nSPS) is 17.3. The van der Waals surface area contributed by atoms with E-state index in [1.807, 2.05) is 6.92 Å². The van der Waals surface area contributed by atoms with Crippen molar-refractivity contribution in [3.8, 4) is 11.5 Å². The maximum absolute atomic E-state index is 12.0. The Morgan fingerprint density at radius 3 is 2.47 bits per heavy atom. The maximum Gasteiger partial charge on any atom is 0.309 e. The number of fused-ring (bicyclic) bond motifs is 1. The zero-order valence-electron chi connectivity index (χ0n) is 20.4. The summed E-state index contributed by atoms with van der Waals surface area (Å²) in [5.41, 5.74) is 4.57. The van der Waals surface area contributed by atoms with Gasteiger partial charge in [0.2, 0.25) is 0 Å². The van der Waals surface area contributed by atoms with Gasteiger partial charge in [-0.2, -0.15) is 0 Å². The predicted molar refractivity (Wildman–Crippen MR) is 131 cm³/mol. The lowest BCUT2D eigenvalue weighted by molar-refractivity contribution is -0.148. The topological polar surface area (TPSA) is 93.1 Å². The summed E-state index contributed by atoms with van der Waals surface area (Å²) >= 11 is 0. The Labute approximate surface area is 201 Å². The van der Waals surface area contributed by atoms with Gasteiger partial charge in [0.05, 0.1) is 30.8 Å². The van der Waals surface area contributed by atoms with Gasteiger partial charge in [-0.1, -0.05) is 44.9 Å². The molecule has 1 aliphatic rings. The molecule has 0 heterocycles. The Morgan fingerprint density at radius 1 is 1.03 bits per heavy atom. The van der Waals surface area contributed by atoms with Crippen LogP contribution in [0.3, 0.4) is 0 Å². The van der Waals surface area contributed by atoms with Crippen LogP contribution in [-0.4, -0.2) is 41.3 Å². The molecule has 0 saturated heterocycles. The number of Topliss-reactive ketones (excluding diaryl/α,β-unsaturated/α-hetero) is 1. The minimum Gasteiger partial charge on any atom is -0.507 e. The van der Waals surface area contributed by atoms with Crippen molar-refractivity contribution in [2.75, 3.05) is 13.2 Å². The predicted octanol–water partition coefficient (Wildman–Crippen LogP) is 5.15. The first-order chi connectivity index (χ1) is 16.4. The summed E-state index contributed by atoms with van der Waals surface area (Å²) in [6.07, 6.45) is 4.75. The summed E-state index contributed by atoms with van der Waals surface area (Å²) in [4.78, 5) is 23.7. The fraction of sp³-hybridized carbons (Fsp3) is 0.500. The monoisotopic (exact) mass is 468 g/mol. The van der Waals surface area contributed by atoms with E-state index in [9.17, 15) is 19.8 Å². The summed E-state index contributed by atoms with van der Waals surface area (Å²) < 4.78 is 11.9. The average Bonchev–Trinajstić information content (AvgIpc) is 2.80. The molecule has 0 spiro atoms. The average molecular weight is 469 g/mol. The maximum atomic E-state index is 12.0. The third kappa shape index (κ3) is 5.98. The molecule has 2 aromatic rings. The van der Waals surface area contributed by atoms with Gasteiger partial charge in [-0.25, -0.2) is 0 Å². The summed E-state index contributed by atoms with van der Waals surface area (Å²) in [6.45, 7) is 6.33. The number of ketones is 1. The molecular weight excluding hydrogens is 432 g/mol. The van der Waals surface area contributed by atoms with Gasteiger partial charge in [0.1, 0.15) is 11.5 Å². The molecule has 1 aliphatic carbocycles. The number of rotatable bonds is 12. The van der Waals surface area contributed by atoms with Gasteiger partial charge in [-0.3, -0.25) is 9.59 Å². The number of carbonyl (C=O) groups excluding carboxylic acids is 1. The van der Waals surface area contributed by atoms with Crippen molar-refractivity contribution < 1.29 is 29.3 Å². The molecule has 0 bridgehead atoms. The number of phenolic OH excluding ortho intramolecular Hbond substituents is 1. The van der Waals surface area contributed by atoms with E-state index >= 15 is 0 Å². The molecule has 2 aromatic carbocycles. The number of aryl methyl sites for hydroxylation is 1. The lowest BCUT2D eigenvalue weighted by Gasteiger charge is -2.32. The number of phenols is 1. The quantitative estimate of drug-likeness (QED) is 0.330. The molecule has 0 aliphatic heterocycles. The van der Waals surface area contributed by atoms with E-state index in [1.54, 1.807) is 12.1 Å². The van der Waals surface area contributed by atoms with Crippen LogP contribution in [0, 0.1) is 5.92 Å². The van der Waals surface area contributed by atoms with E-state index in [4.69, 9.17) is 9.47 Å². The van der Waals surface area contributed by atoms with Crippen molar-refractivity contribution in [1.29, 1.82) is 0 Å². The second-order valence-corrected chi connectivity index (χ2v) is 9.01. The third-order valence-electron chi connectivity index (χ3n) is 6.50. The highest BCUT2D eigenvalue weighted by molar-refractivity contribution is 5.97. The Balaban J connectivity index is 1.59. The number of ether oxygens (including phenoxy) is 2. The van der Waals surface area contributed by atoms with E-state index in [2.05, 4.69) is 25.1 Å². The van der Waals surface area contributed by atoms with Crippen LogP contribution < -0.4 is 4.74 Å². The Morgan fingerprint density at radius 2 is 1.79 bits per heavy atom. The first-order valence-corrected chi connectivity index (χ1v) is 12.3. The molecule has 2 N–H and O–H groups in total. The number of hydrogen-bond donors (Lipinski definition) is 2. The lowest BCUT2D eigenvalue weighted by Crippen LogP contribution is -2.38. The number of benzene rings is 2. The largest absolute Gasteiger partial charge is 0.507 e. The molecule has 0 amide bonds. The molecular formula is C28H36O6. The first kappa shape index (κ1) is 25.8. The van der Waals surface area contributed by atoms with Crippen LogP contribution in [0.1, 0.15) is 72.6 Å². The number of hydrogen-bond acceptors (Lipinski definition) is 5. The second kappa shape index (κ2) is 12.0. The van der Waals surface area contributed by atoms with E-state index in [1.165, 1.54) is 23.6 Å². The number of aliphatic carboxylic acids is 1. The highest BCUT2D eigenvalue weighted by atomic mass is 16.5. The number of aromatic hydroxyl groups is 1. The molecule has 184 valence electrons. The highest BCUT2D eigenvalue weighted by Gasteiger charge is 2.35. The highest BCUT2D eigenvalue weighted by Crippen LogP contribution is 2.34. The van der Waals surface area contributed by atoms with Crippen LogP contribution in [0.15, 0.2) is 30.3 Å². The minimum absolute atomic E-state index is 0.00397. The smallest absolute Gasteiger partial charge is 0.309 e. The molecule has 0 radical (unpaired) electrons. The molecule has 2 atom stereocenters. The van der Waals surface area contributed by atoms with Crippen LogP contribution >= 0.6 is 0 Å². The number of carboxylic acid groups (broad SMARTS) is 1. The van der Waals surface area contributed by atoms with Crippen molar-refractivity contribution in [3.63, 3.8) is 0 Å². The molecule has 6 heteroatoms. The molecule has 0 fully saturated rings. The van der Waals surface area contributed by atoms with Crippen LogP contribution in [0.2, 0.25) is 0 Å². The van der Waals surface area contributed by atoms with E-state index in [-0.39, 0.29) is 17.6 Å². The van der Waals surface area contributed by atoms with Gasteiger partial charge in [0, 0.05) is 12.0 Å².